The lowest BCUT2D eigenvalue weighted by Crippen LogP contribution is -2.28. The number of hydrogen-bond donors (Lipinski definition) is 3. The normalized spacial score (nSPS) is 11.1. The van der Waals surface area contributed by atoms with Crippen molar-refractivity contribution in [2.45, 2.75) is 4.90 Å². The van der Waals surface area contributed by atoms with Crippen molar-refractivity contribution in [3.05, 3.63) is 42.2 Å². The number of carbonyl (C=O) groups excluding carboxylic acids is 1. The maximum absolute atomic E-state index is 13.6. The number of aliphatic hydroxyl groups is 1. The number of nitrogens with one attached hydrogen (secondary N) is 2. The molecule has 0 aliphatic rings. The first-order chi connectivity index (χ1) is 9.42. The molecule has 1 aromatic rings. The van der Waals surface area contributed by atoms with Crippen LogP contribution in [0.4, 0.5) is 4.39 Å². The largest absolute Gasteiger partial charge is 0.395 e. The van der Waals surface area contributed by atoms with Crippen molar-refractivity contribution < 1.29 is 22.7 Å². The van der Waals surface area contributed by atoms with E-state index in [1.165, 1.54) is 6.08 Å². The van der Waals surface area contributed by atoms with E-state index in [4.69, 9.17) is 5.11 Å². The molecule has 1 amide bonds. The quantitative estimate of drug-likeness (QED) is 0.618. The standard InChI is InChI=1S/C12H15FN2O4S/c1-2-5-15-20(18,19)11-8-9(3-4-10(11)13)12(17)14-6-7-16/h2-4,8,15-16H,1,5-7H2,(H,14,17). The summed E-state index contributed by atoms with van der Waals surface area (Å²) in [5.41, 5.74) is -0.0150. The van der Waals surface area contributed by atoms with Crippen LogP contribution in [0.15, 0.2) is 35.7 Å². The van der Waals surface area contributed by atoms with Crippen molar-refractivity contribution in [3.8, 4) is 0 Å². The van der Waals surface area contributed by atoms with Crippen LogP contribution in [-0.4, -0.2) is 39.1 Å². The van der Waals surface area contributed by atoms with Gasteiger partial charge in [-0.25, -0.2) is 17.5 Å². The van der Waals surface area contributed by atoms with Crippen LogP contribution < -0.4 is 10.0 Å². The van der Waals surface area contributed by atoms with Crippen LogP contribution in [0, 0.1) is 5.82 Å². The zero-order chi connectivity index (χ0) is 15.2. The molecular formula is C12H15FN2O4S. The Balaban J connectivity index is 3.09. The van der Waals surface area contributed by atoms with Gasteiger partial charge in [0.05, 0.1) is 6.61 Å². The third kappa shape index (κ3) is 4.12. The Hall–Kier alpha value is -1.77. The van der Waals surface area contributed by atoms with Gasteiger partial charge in [-0.2, -0.15) is 0 Å². The molecule has 0 atom stereocenters. The minimum atomic E-state index is -4.06. The van der Waals surface area contributed by atoms with Gasteiger partial charge < -0.3 is 10.4 Å². The van der Waals surface area contributed by atoms with Crippen molar-refractivity contribution in [2.24, 2.45) is 0 Å². The number of carbonyl (C=O) groups is 1. The predicted molar refractivity (Wildman–Crippen MR) is 71.2 cm³/mol. The van der Waals surface area contributed by atoms with Crippen LogP contribution in [0.5, 0.6) is 0 Å². The fraction of sp³-hybridized carbons (Fsp3) is 0.250. The van der Waals surface area contributed by atoms with Crippen LogP contribution in [0.3, 0.4) is 0 Å². The molecule has 0 saturated carbocycles. The summed E-state index contributed by atoms with van der Waals surface area (Å²) < 4.78 is 39.4. The molecule has 0 heterocycles. The van der Waals surface area contributed by atoms with E-state index in [0.717, 1.165) is 18.2 Å². The van der Waals surface area contributed by atoms with E-state index in [2.05, 4.69) is 16.6 Å². The second-order valence-corrected chi connectivity index (χ2v) is 5.50. The maximum Gasteiger partial charge on any atom is 0.251 e. The third-order valence-electron chi connectivity index (χ3n) is 2.30. The lowest BCUT2D eigenvalue weighted by molar-refractivity contribution is 0.0944. The second kappa shape index (κ2) is 7.13. The number of benzene rings is 1. The monoisotopic (exact) mass is 302 g/mol. The van der Waals surface area contributed by atoms with E-state index in [1.54, 1.807) is 0 Å². The fourth-order valence-corrected chi connectivity index (χ4v) is 2.47. The molecule has 0 aliphatic carbocycles. The molecule has 0 spiro atoms. The SMILES string of the molecule is C=CCNS(=O)(=O)c1cc(C(=O)NCCO)ccc1F. The van der Waals surface area contributed by atoms with Gasteiger partial charge in [-0.15, -0.1) is 6.58 Å². The van der Waals surface area contributed by atoms with Gasteiger partial charge >= 0.3 is 0 Å². The molecule has 0 unspecified atom stereocenters. The molecular weight excluding hydrogens is 287 g/mol. The topological polar surface area (TPSA) is 95.5 Å². The van der Waals surface area contributed by atoms with Gasteiger partial charge in [-0.1, -0.05) is 6.08 Å². The van der Waals surface area contributed by atoms with E-state index in [0.29, 0.717) is 0 Å². The molecule has 0 radical (unpaired) electrons. The van der Waals surface area contributed by atoms with Gasteiger partial charge in [-0.05, 0) is 18.2 Å². The fourth-order valence-electron chi connectivity index (χ4n) is 1.37. The van der Waals surface area contributed by atoms with Gasteiger partial charge in [0.2, 0.25) is 10.0 Å². The minimum absolute atomic E-state index is 0.0150. The first-order valence-electron chi connectivity index (χ1n) is 5.71. The van der Waals surface area contributed by atoms with Crippen LogP contribution in [0.1, 0.15) is 10.4 Å². The Morgan fingerprint density at radius 1 is 1.45 bits per heavy atom. The average Bonchev–Trinajstić information content (AvgIpc) is 2.42. The van der Waals surface area contributed by atoms with Gasteiger partial charge in [-0.3, -0.25) is 4.79 Å². The summed E-state index contributed by atoms with van der Waals surface area (Å²) in [5, 5.41) is 10.9. The van der Waals surface area contributed by atoms with Crippen molar-refractivity contribution in [1.29, 1.82) is 0 Å². The van der Waals surface area contributed by atoms with Crippen LogP contribution >= 0.6 is 0 Å². The van der Waals surface area contributed by atoms with E-state index >= 15 is 0 Å². The van der Waals surface area contributed by atoms with Crippen LogP contribution in [0.2, 0.25) is 0 Å². The number of hydrogen-bond acceptors (Lipinski definition) is 4. The lowest BCUT2D eigenvalue weighted by Gasteiger charge is -2.08. The molecule has 110 valence electrons. The Kier molecular flexibility index (Phi) is 5.81. The maximum atomic E-state index is 13.6. The molecule has 6 nitrogen and oxygen atoms in total. The molecule has 0 aliphatic heterocycles. The zero-order valence-corrected chi connectivity index (χ0v) is 11.4. The molecule has 0 aromatic heterocycles. The Morgan fingerprint density at radius 3 is 2.75 bits per heavy atom. The van der Waals surface area contributed by atoms with E-state index in [9.17, 15) is 17.6 Å². The van der Waals surface area contributed by atoms with Crippen molar-refractivity contribution in [3.63, 3.8) is 0 Å². The smallest absolute Gasteiger partial charge is 0.251 e. The molecule has 8 heteroatoms. The molecule has 1 rings (SSSR count). The number of rotatable bonds is 7. The molecule has 1 aromatic carbocycles. The van der Waals surface area contributed by atoms with E-state index < -0.39 is 26.6 Å². The molecule has 0 bridgehead atoms. The van der Waals surface area contributed by atoms with Gasteiger partial charge in [0.1, 0.15) is 10.7 Å². The summed E-state index contributed by atoms with van der Waals surface area (Å²) in [6.45, 7) is 3.07. The molecule has 20 heavy (non-hydrogen) atoms. The van der Waals surface area contributed by atoms with Crippen molar-refractivity contribution >= 4 is 15.9 Å². The Labute approximate surface area is 116 Å². The molecule has 0 saturated heterocycles. The zero-order valence-electron chi connectivity index (χ0n) is 10.6. The highest BCUT2D eigenvalue weighted by Crippen LogP contribution is 2.16. The minimum Gasteiger partial charge on any atom is -0.395 e. The predicted octanol–water partition coefficient (Wildman–Crippen LogP) is 0.0121. The average molecular weight is 302 g/mol. The van der Waals surface area contributed by atoms with Crippen molar-refractivity contribution in [1.82, 2.24) is 10.0 Å². The molecule has 3 N–H and O–H groups in total. The summed E-state index contributed by atoms with van der Waals surface area (Å²) in [7, 11) is -4.06. The van der Waals surface area contributed by atoms with Gasteiger partial charge in [0, 0.05) is 18.7 Å². The van der Waals surface area contributed by atoms with Gasteiger partial charge in [0.15, 0.2) is 0 Å². The lowest BCUT2D eigenvalue weighted by atomic mass is 10.2. The summed E-state index contributed by atoms with van der Waals surface area (Å²) in [4.78, 5) is 11.0. The number of halogens is 1. The highest BCUT2D eigenvalue weighted by atomic mass is 32.2. The first kappa shape index (κ1) is 16.3. The third-order valence-corrected chi connectivity index (χ3v) is 3.74. The summed E-state index contributed by atoms with van der Waals surface area (Å²) in [6.07, 6.45) is 1.31. The van der Waals surface area contributed by atoms with Crippen molar-refractivity contribution in [2.75, 3.05) is 19.7 Å². The Morgan fingerprint density at radius 2 is 2.15 bits per heavy atom. The highest BCUT2D eigenvalue weighted by Gasteiger charge is 2.20. The number of aliphatic hydroxyl groups excluding tert-OH is 1. The number of amides is 1. The van der Waals surface area contributed by atoms with Gasteiger partial charge in [0.25, 0.3) is 5.91 Å². The van der Waals surface area contributed by atoms with E-state index in [1.807, 2.05) is 0 Å². The van der Waals surface area contributed by atoms with E-state index in [-0.39, 0.29) is 25.3 Å². The summed E-state index contributed by atoms with van der Waals surface area (Å²) >= 11 is 0. The van der Waals surface area contributed by atoms with Crippen LogP contribution in [-0.2, 0) is 10.0 Å². The highest BCUT2D eigenvalue weighted by molar-refractivity contribution is 7.89. The summed E-state index contributed by atoms with van der Waals surface area (Å²) in [5.74, 6) is -1.56. The molecule has 0 fully saturated rings. The van der Waals surface area contributed by atoms with Crippen LogP contribution in [0.25, 0.3) is 0 Å². The Bertz CT molecular complexity index is 601. The second-order valence-electron chi connectivity index (χ2n) is 3.77. The number of sulfonamides is 1. The summed E-state index contributed by atoms with van der Waals surface area (Å²) in [6, 6.07) is 3.00. The first-order valence-corrected chi connectivity index (χ1v) is 7.20.